The van der Waals surface area contributed by atoms with Crippen molar-refractivity contribution >= 4 is 23.5 Å². The normalized spacial score (nSPS) is 11.0. The van der Waals surface area contributed by atoms with Crippen LogP contribution in [-0.4, -0.2) is 30.1 Å². The highest BCUT2D eigenvalue weighted by atomic mass is 35.5. The van der Waals surface area contributed by atoms with Gasteiger partial charge in [0.05, 0.1) is 19.5 Å². The molecule has 0 spiro atoms. The fraction of sp³-hybridized carbons (Fsp3) is 0.154. The van der Waals surface area contributed by atoms with E-state index in [1.54, 1.807) is 6.07 Å². The number of benzene rings is 1. The van der Waals surface area contributed by atoms with Gasteiger partial charge in [-0.05, 0) is 23.8 Å². The standard InChI is InChI=1S/C13H11ClF2N4O3/c1-22-9-3-2-7(4-10(9)23-13(15)16)5-17-19-8-6-18-20-12(21)11(8)14/h2-6,13H,1H3,(H2,19,20,21)/b17-5-. The van der Waals surface area contributed by atoms with Gasteiger partial charge in [-0.25, -0.2) is 5.10 Å². The van der Waals surface area contributed by atoms with Crippen LogP contribution in [0.25, 0.3) is 0 Å². The summed E-state index contributed by atoms with van der Waals surface area (Å²) in [7, 11) is 1.34. The van der Waals surface area contributed by atoms with E-state index in [4.69, 9.17) is 16.3 Å². The van der Waals surface area contributed by atoms with E-state index in [9.17, 15) is 13.6 Å². The lowest BCUT2D eigenvalue weighted by Gasteiger charge is -2.10. The minimum absolute atomic E-state index is 0.103. The van der Waals surface area contributed by atoms with Gasteiger partial charge in [-0.3, -0.25) is 10.2 Å². The summed E-state index contributed by atoms with van der Waals surface area (Å²) >= 11 is 5.76. The summed E-state index contributed by atoms with van der Waals surface area (Å²) in [6.07, 6.45) is 2.61. The molecule has 0 aliphatic rings. The molecule has 1 heterocycles. The SMILES string of the molecule is COc1ccc(/C=N\Nc2cn[nH]c(=O)c2Cl)cc1OC(F)F. The number of hydrogen-bond donors (Lipinski definition) is 2. The molecule has 1 aromatic carbocycles. The molecule has 0 bridgehead atoms. The van der Waals surface area contributed by atoms with E-state index in [-0.39, 0.29) is 22.2 Å². The lowest BCUT2D eigenvalue weighted by atomic mass is 10.2. The second kappa shape index (κ2) is 7.54. The topological polar surface area (TPSA) is 88.6 Å². The van der Waals surface area contributed by atoms with Crippen molar-refractivity contribution in [1.29, 1.82) is 0 Å². The zero-order chi connectivity index (χ0) is 16.8. The molecule has 0 aliphatic heterocycles. The maximum absolute atomic E-state index is 12.3. The predicted octanol–water partition coefficient (Wildman–Crippen LogP) is 2.48. The Kier molecular flexibility index (Phi) is 5.47. The minimum atomic E-state index is -2.98. The van der Waals surface area contributed by atoms with Gasteiger partial charge in [0.1, 0.15) is 10.7 Å². The number of hydrogen-bond acceptors (Lipinski definition) is 6. The molecule has 0 saturated heterocycles. The number of alkyl halides is 2. The van der Waals surface area contributed by atoms with Gasteiger partial charge in [-0.1, -0.05) is 11.6 Å². The van der Waals surface area contributed by atoms with Gasteiger partial charge in [-0.2, -0.15) is 19.0 Å². The van der Waals surface area contributed by atoms with Crippen LogP contribution in [0.3, 0.4) is 0 Å². The number of ether oxygens (including phenoxy) is 2. The van der Waals surface area contributed by atoms with E-state index in [0.717, 1.165) is 0 Å². The Labute approximate surface area is 133 Å². The number of methoxy groups -OCH3 is 1. The molecule has 10 heteroatoms. The van der Waals surface area contributed by atoms with E-state index >= 15 is 0 Å². The quantitative estimate of drug-likeness (QED) is 0.621. The Morgan fingerprint density at radius 1 is 1.43 bits per heavy atom. The molecule has 2 aromatic rings. The van der Waals surface area contributed by atoms with Gasteiger partial charge < -0.3 is 9.47 Å². The highest BCUT2D eigenvalue weighted by Gasteiger charge is 2.10. The lowest BCUT2D eigenvalue weighted by Crippen LogP contribution is -2.10. The molecular weight excluding hydrogens is 334 g/mol. The van der Waals surface area contributed by atoms with Crippen LogP contribution in [0.1, 0.15) is 5.56 Å². The minimum Gasteiger partial charge on any atom is -0.493 e. The Morgan fingerprint density at radius 3 is 2.91 bits per heavy atom. The van der Waals surface area contributed by atoms with Gasteiger partial charge in [0, 0.05) is 0 Å². The number of nitrogens with one attached hydrogen (secondary N) is 2. The summed E-state index contributed by atoms with van der Waals surface area (Å²) in [4.78, 5) is 11.2. The first-order valence-corrected chi connectivity index (χ1v) is 6.54. The van der Waals surface area contributed by atoms with Crippen LogP contribution in [0.15, 0.2) is 34.3 Å². The molecule has 0 radical (unpaired) electrons. The van der Waals surface area contributed by atoms with E-state index in [2.05, 4.69) is 25.5 Å². The van der Waals surface area contributed by atoms with Crippen molar-refractivity contribution in [1.82, 2.24) is 10.2 Å². The molecule has 0 unspecified atom stereocenters. The van der Waals surface area contributed by atoms with Gasteiger partial charge in [0.15, 0.2) is 11.5 Å². The summed E-state index contributed by atoms with van der Waals surface area (Å²) in [5, 5.41) is 9.47. The average molecular weight is 345 g/mol. The highest BCUT2D eigenvalue weighted by molar-refractivity contribution is 6.32. The molecule has 7 nitrogen and oxygen atoms in total. The number of aromatic amines is 1. The average Bonchev–Trinajstić information content (AvgIpc) is 2.51. The Balaban J connectivity index is 2.16. The molecule has 0 amide bonds. The number of halogens is 3. The van der Waals surface area contributed by atoms with Crippen molar-refractivity contribution < 1.29 is 18.3 Å². The van der Waals surface area contributed by atoms with Crippen LogP contribution >= 0.6 is 11.6 Å². The van der Waals surface area contributed by atoms with Crippen molar-refractivity contribution in [2.75, 3.05) is 12.5 Å². The second-order valence-corrected chi connectivity index (χ2v) is 4.46. The number of hydrazone groups is 1. The maximum Gasteiger partial charge on any atom is 0.387 e. The van der Waals surface area contributed by atoms with E-state index in [1.807, 2.05) is 0 Å². The molecule has 0 saturated carbocycles. The van der Waals surface area contributed by atoms with Crippen LogP contribution in [0.2, 0.25) is 5.02 Å². The zero-order valence-corrected chi connectivity index (χ0v) is 12.5. The van der Waals surface area contributed by atoms with Crippen molar-refractivity contribution in [3.8, 4) is 11.5 Å². The van der Waals surface area contributed by atoms with Crippen molar-refractivity contribution in [2.45, 2.75) is 6.61 Å². The molecule has 0 atom stereocenters. The van der Waals surface area contributed by atoms with Crippen LogP contribution in [0.5, 0.6) is 11.5 Å². The molecule has 0 fully saturated rings. The molecule has 2 rings (SSSR count). The third-order valence-corrected chi connectivity index (χ3v) is 2.97. The third kappa shape index (κ3) is 4.39. The van der Waals surface area contributed by atoms with Gasteiger partial charge in [-0.15, -0.1) is 0 Å². The maximum atomic E-state index is 12.3. The number of H-pyrrole nitrogens is 1. The smallest absolute Gasteiger partial charge is 0.387 e. The first-order valence-electron chi connectivity index (χ1n) is 6.16. The summed E-state index contributed by atoms with van der Waals surface area (Å²) in [6.45, 7) is -2.98. The summed E-state index contributed by atoms with van der Waals surface area (Å²) in [6, 6.07) is 4.37. The number of rotatable bonds is 6. The van der Waals surface area contributed by atoms with Crippen molar-refractivity contribution in [3.63, 3.8) is 0 Å². The molecular formula is C13H11ClF2N4O3. The molecule has 1 aromatic heterocycles. The van der Waals surface area contributed by atoms with E-state index in [1.165, 1.54) is 31.7 Å². The van der Waals surface area contributed by atoms with Crippen molar-refractivity contribution in [2.24, 2.45) is 5.10 Å². The van der Waals surface area contributed by atoms with Crippen LogP contribution < -0.4 is 20.5 Å². The van der Waals surface area contributed by atoms with Gasteiger partial charge >= 0.3 is 6.61 Å². The first-order chi connectivity index (χ1) is 11.0. The molecule has 23 heavy (non-hydrogen) atoms. The summed E-state index contributed by atoms with van der Waals surface area (Å²) in [5.74, 6) is 0.0413. The molecule has 0 aliphatic carbocycles. The van der Waals surface area contributed by atoms with Crippen LogP contribution in [-0.2, 0) is 0 Å². The zero-order valence-electron chi connectivity index (χ0n) is 11.7. The monoisotopic (exact) mass is 344 g/mol. The van der Waals surface area contributed by atoms with Crippen LogP contribution in [0, 0.1) is 0 Å². The fourth-order valence-electron chi connectivity index (χ4n) is 1.60. The summed E-state index contributed by atoms with van der Waals surface area (Å²) < 4.78 is 34.0. The number of nitrogens with zero attached hydrogens (tertiary/aromatic N) is 2. The fourth-order valence-corrected chi connectivity index (χ4v) is 1.73. The Hall–Kier alpha value is -2.68. The first kappa shape index (κ1) is 16.7. The largest absolute Gasteiger partial charge is 0.493 e. The lowest BCUT2D eigenvalue weighted by molar-refractivity contribution is -0.0512. The summed E-state index contributed by atoms with van der Waals surface area (Å²) in [5.41, 5.74) is 2.62. The van der Waals surface area contributed by atoms with Gasteiger partial charge in [0.25, 0.3) is 5.56 Å². The van der Waals surface area contributed by atoms with Gasteiger partial charge in [0.2, 0.25) is 0 Å². The number of aromatic nitrogens is 2. The predicted molar refractivity (Wildman–Crippen MR) is 80.7 cm³/mol. The van der Waals surface area contributed by atoms with E-state index < -0.39 is 12.2 Å². The molecule has 2 N–H and O–H groups in total. The van der Waals surface area contributed by atoms with E-state index in [0.29, 0.717) is 5.56 Å². The molecule has 122 valence electrons. The van der Waals surface area contributed by atoms with Crippen LogP contribution in [0.4, 0.5) is 14.5 Å². The third-order valence-electron chi connectivity index (χ3n) is 2.60. The Bertz CT molecular complexity index is 767. The second-order valence-electron chi connectivity index (χ2n) is 4.09. The Morgan fingerprint density at radius 2 is 2.22 bits per heavy atom. The number of anilines is 1. The highest BCUT2D eigenvalue weighted by Crippen LogP contribution is 2.29. The van der Waals surface area contributed by atoms with Crippen molar-refractivity contribution in [3.05, 3.63) is 45.3 Å².